The summed E-state index contributed by atoms with van der Waals surface area (Å²) in [5.74, 6) is -0.524. The van der Waals surface area contributed by atoms with Crippen LogP contribution in [0.25, 0.3) is 0 Å². The van der Waals surface area contributed by atoms with Crippen LogP contribution in [-0.4, -0.2) is 57.8 Å². The molecule has 11 heteroatoms. The van der Waals surface area contributed by atoms with E-state index < -0.39 is 26.9 Å². The van der Waals surface area contributed by atoms with E-state index in [-0.39, 0.29) is 17.8 Å². The minimum atomic E-state index is -3.90. The Labute approximate surface area is 187 Å². The summed E-state index contributed by atoms with van der Waals surface area (Å²) in [5.41, 5.74) is 1.34. The van der Waals surface area contributed by atoms with Gasteiger partial charge in [-0.05, 0) is 36.8 Å². The molecule has 0 aliphatic carbocycles. The van der Waals surface area contributed by atoms with E-state index in [2.05, 4.69) is 10.2 Å². The maximum absolute atomic E-state index is 13.0. The molecule has 2 aromatic rings. The maximum atomic E-state index is 13.0. The second-order valence-corrected chi connectivity index (χ2v) is 9.25. The van der Waals surface area contributed by atoms with Crippen LogP contribution >= 0.6 is 0 Å². The van der Waals surface area contributed by atoms with Crippen molar-refractivity contribution in [2.45, 2.75) is 19.4 Å². The largest absolute Gasteiger partial charge is 0.378 e. The molecule has 0 radical (unpaired) electrons. The van der Waals surface area contributed by atoms with Crippen LogP contribution in [0.15, 0.2) is 48.5 Å². The Kier molecular flexibility index (Phi) is 7.31. The number of nitrogens with one attached hydrogen (secondary N) is 1. The lowest BCUT2D eigenvalue weighted by Gasteiger charge is -2.30. The summed E-state index contributed by atoms with van der Waals surface area (Å²) in [6.07, 6.45) is 1.15. The van der Waals surface area contributed by atoms with Crippen LogP contribution < -0.4 is 14.5 Å². The van der Waals surface area contributed by atoms with E-state index in [1.54, 1.807) is 19.1 Å². The van der Waals surface area contributed by atoms with Gasteiger partial charge in [-0.2, -0.15) is 0 Å². The van der Waals surface area contributed by atoms with Gasteiger partial charge < -0.3 is 15.0 Å². The molecule has 1 aliphatic heterocycles. The summed E-state index contributed by atoms with van der Waals surface area (Å²) in [5, 5.41) is 13.9. The first-order valence-electron chi connectivity index (χ1n) is 10.2. The molecular weight excluding hydrogens is 436 g/mol. The topological polar surface area (TPSA) is 122 Å². The SMILES string of the molecule is CC[C@@H](C(=O)Nc1ccc(N2CCOCC2)cc1)N(c1cccc([N+](=O)[O-])c1)S(C)(=O)=O. The molecule has 0 aromatic heterocycles. The lowest BCUT2D eigenvalue weighted by Crippen LogP contribution is -2.47. The molecule has 32 heavy (non-hydrogen) atoms. The van der Waals surface area contributed by atoms with Crippen molar-refractivity contribution in [3.8, 4) is 0 Å². The van der Waals surface area contributed by atoms with Gasteiger partial charge in [0.25, 0.3) is 5.69 Å². The quantitative estimate of drug-likeness (QED) is 0.473. The van der Waals surface area contributed by atoms with Gasteiger partial charge in [0, 0.05) is 36.6 Å². The number of hydrogen-bond acceptors (Lipinski definition) is 7. The number of nitro benzene ring substituents is 1. The molecule has 1 saturated heterocycles. The van der Waals surface area contributed by atoms with Gasteiger partial charge in [-0.25, -0.2) is 8.42 Å². The molecule has 0 bridgehead atoms. The highest BCUT2D eigenvalue weighted by molar-refractivity contribution is 7.92. The third-order valence-corrected chi connectivity index (χ3v) is 6.32. The van der Waals surface area contributed by atoms with Crippen LogP contribution in [0.1, 0.15) is 13.3 Å². The zero-order valence-electron chi connectivity index (χ0n) is 17.9. The number of sulfonamides is 1. The van der Waals surface area contributed by atoms with Crippen molar-refractivity contribution in [2.75, 3.05) is 47.1 Å². The smallest absolute Gasteiger partial charge is 0.271 e. The lowest BCUT2D eigenvalue weighted by atomic mass is 10.1. The molecule has 10 nitrogen and oxygen atoms in total. The molecule has 0 spiro atoms. The van der Waals surface area contributed by atoms with Gasteiger partial charge in [-0.3, -0.25) is 19.2 Å². The van der Waals surface area contributed by atoms with E-state index in [0.717, 1.165) is 35.4 Å². The first-order chi connectivity index (χ1) is 15.2. The van der Waals surface area contributed by atoms with Crippen molar-refractivity contribution < 1.29 is 22.9 Å². The van der Waals surface area contributed by atoms with Crippen molar-refractivity contribution >= 4 is 38.7 Å². The van der Waals surface area contributed by atoms with Crippen LogP contribution in [-0.2, 0) is 19.6 Å². The van der Waals surface area contributed by atoms with Gasteiger partial charge in [0.05, 0.1) is 30.1 Å². The molecule has 1 heterocycles. The predicted molar refractivity (Wildman–Crippen MR) is 123 cm³/mol. The van der Waals surface area contributed by atoms with Gasteiger partial charge >= 0.3 is 0 Å². The maximum Gasteiger partial charge on any atom is 0.271 e. The average Bonchev–Trinajstić information content (AvgIpc) is 2.77. The normalized spacial score (nSPS) is 15.1. The van der Waals surface area contributed by atoms with E-state index >= 15 is 0 Å². The standard InChI is InChI=1S/C21H26N4O6S/c1-3-20(24(32(2,29)30)18-5-4-6-19(15-18)25(27)28)21(26)22-16-7-9-17(10-8-16)23-11-13-31-14-12-23/h4-10,15,20H,3,11-14H2,1-2H3,(H,22,26)/t20-/m0/s1. The monoisotopic (exact) mass is 462 g/mol. The number of anilines is 3. The molecule has 1 aliphatic rings. The Morgan fingerprint density at radius 3 is 2.44 bits per heavy atom. The molecule has 172 valence electrons. The summed E-state index contributed by atoms with van der Waals surface area (Å²) in [6, 6.07) is 11.4. The van der Waals surface area contributed by atoms with Crippen LogP contribution in [0.4, 0.5) is 22.7 Å². The third kappa shape index (κ3) is 5.54. The Bertz CT molecular complexity index is 1070. The fourth-order valence-corrected chi connectivity index (χ4v) is 4.81. The molecule has 3 rings (SSSR count). The molecule has 1 amide bonds. The fraction of sp³-hybridized carbons (Fsp3) is 0.381. The van der Waals surface area contributed by atoms with Crippen molar-refractivity contribution in [1.29, 1.82) is 0 Å². The minimum absolute atomic E-state index is 0.0614. The Morgan fingerprint density at radius 2 is 1.88 bits per heavy atom. The molecule has 1 atom stereocenters. The van der Waals surface area contributed by atoms with Crippen LogP contribution in [0, 0.1) is 10.1 Å². The van der Waals surface area contributed by atoms with Crippen molar-refractivity contribution in [3.05, 3.63) is 58.6 Å². The number of ether oxygens (including phenoxy) is 1. The van der Waals surface area contributed by atoms with Gasteiger partial charge in [0.1, 0.15) is 6.04 Å². The molecule has 2 aromatic carbocycles. The number of hydrogen-bond donors (Lipinski definition) is 1. The number of carbonyl (C=O) groups is 1. The number of nitro groups is 1. The van der Waals surface area contributed by atoms with Gasteiger partial charge in [0.15, 0.2) is 0 Å². The Balaban J connectivity index is 1.82. The summed E-state index contributed by atoms with van der Waals surface area (Å²) < 4.78 is 31.4. The Hall–Kier alpha value is -3.18. The first-order valence-corrected chi connectivity index (χ1v) is 12.0. The van der Waals surface area contributed by atoms with Crippen LogP contribution in [0.2, 0.25) is 0 Å². The van der Waals surface area contributed by atoms with E-state index in [0.29, 0.717) is 18.9 Å². The fourth-order valence-electron chi connectivity index (χ4n) is 3.61. The predicted octanol–water partition coefficient (Wildman–Crippen LogP) is 2.61. The average molecular weight is 463 g/mol. The highest BCUT2D eigenvalue weighted by atomic mass is 32.2. The number of nitrogens with zero attached hydrogens (tertiary/aromatic N) is 3. The molecule has 0 saturated carbocycles. The highest BCUT2D eigenvalue weighted by Crippen LogP contribution is 2.27. The minimum Gasteiger partial charge on any atom is -0.378 e. The zero-order chi connectivity index (χ0) is 23.3. The molecule has 1 fully saturated rings. The summed E-state index contributed by atoms with van der Waals surface area (Å²) in [7, 11) is -3.90. The van der Waals surface area contributed by atoms with E-state index in [9.17, 15) is 23.3 Å². The first kappa shape index (κ1) is 23.5. The van der Waals surface area contributed by atoms with Gasteiger partial charge in [-0.1, -0.05) is 13.0 Å². The molecule has 0 unspecified atom stereocenters. The lowest BCUT2D eigenvalue weighted by molar-refractivity contribution is -0.384. The number of carbonyl (C=O) groups excluding carboxylic acids is 1. The van der Waals surface area contributed by atoms with Crippen molar-refractivity contribution in [2.24, 2.45) is 0 Å². The molecule has 1 N–H and O–H groups in total. The summed E-state index contributed by atoms with van der Waals surface area (Å²) in [6.45, 7) is 4.58. The van der Waals surface area contributed by atoms with E-state index in [1.165, 1.54) is 18.2 Å². The number of benzene rings is 2. The molecular formula is C21H26N4O6S. The number of amides is 1. The number of rotatable bonds is 8. The van der Waals surface area contributed by atoms with Crippen molar-refractivity contribution in [1.82, 2.24) is 0 Å². The van der Waals surface area contributed by atoms with Crippen molar-refractivity contribution in [3.63, 3.8) is 0 Å². The third-order valence-electron chi connectivity index (χ3n) is 5.14. The zero-order valence-corrected chi connectivity index (χ0v) is 18.7. The van der Waals surface area contributed by atoms with Gasteiger partial charge in [0.2, 0.25) is 15.9 Å². The van der Waals surface area contributed by atoms with Crippen LogP contribution in [0.3, 0.4) is 0 Å². The second-order valence-electron chi connectivity index (χ2n) is 7.40. The second kappa shape index (κ2) is 9.96. The number of non-ortho nitro benzene ring substituents is 1. The Morgan fingerprint density at radius 1 is 1.22 bits per heavy atom. The van der Waals surface area contributed by atoms with E-state index in [1.807, 2.05) is 12.1 Å². The summed E-state index contributed by atoms with van der Waals surface area (Å²) >= 11 is 0. The number of morpholine rings is 1. The highest BCUT2D eigenvalue weighted by Gasteiger charge is 2.32. The van der Waals surface area contributed by atoms with Gasteiger partial charge in [-0.15, -0.1) is 0 Å². The summed E-state index contributed by atoms with van der Waals surface area (Å²) in [4.78, 5) is 25.7. The van der Waals surface area contributed by atoms with Crippen LogP contribution in [0.5, 0.6) is 0 Å². The van der Waals surface area contributed by atoms with E-state index in [4.69, 9.17) is 4.74 Å².